The van der Waals surface area contributed by atoms with Crippen molar-refractivity contribution in [2.24, 2.45) is 22.4 Å². The van der Waals surface area contributed by atoms with Gasteiger partial charge in [0.25, 0.3) is 0 Å². The fourth-order valence-corrected chi connectivity index (χ4v) is 2.74. The summed E-state index contributed by atoms with van der Waals surface area (Å²) >= 11 is 1.39. The van der Waals surface area contributed by atoms with E-state index in [-0.39, 0.29) is 5.96 Å². The van der Waals surface area contributed by atoms with Crippen LogP contribution in [0.4, 0.5) is 10.8 Å². The third-order valence-electron chi connectivity index (χ3n) is 2.91. The number of aromatic nitrogens is 1. The molecule has 0 spiro atoms. The molecule has 0 saturated carbocycles. The standard InChI is InChI=1S/C15H20N6S/c1-10(2)7-21(9-16)12-5-3-4-11(6-12)13-8-22-15(19-13)20-14(17)18/h3-6,8-10,16H,7H2,1-2H3,(H4,17,18,19,20). The Kier molecular flexibility index (Phi) is 5.11. The Balaban J connectivity index is 2.29. The number of nitrogens with zero attached hydrogens (tertiary/aromatic N) is 3. The summed E-state index contributed by atoms with van der Waals surface area (Å²) < 4.78 is 0. The fraction of sp³-hybridized carbons (Fsp3) is 0.267. The summed E-state index contributed by atoms with van der Waals surface area (Å²) in [6, 6.07) is 7.94. The maximum Gasteiger partial charge on any atom is 0.212 e. The van der Waals surface area contributed by atoms with Crippen LogP contribution in [0.15, 0.2) is 34.6 Å². The zero-order valence-electron chi connectivity index (χ0n) is 12.7. The van der Waals surface area contributed by atoms with E-state index in [2.05, 4.69) is 23.8 Å². The maximum absolute atomic E-state index is 7.59. The highest BCUT2D eigenvalue weighted by molar-refractivity contribution is 7.13. The predicted octanol–water partition coefficient (Wildman–Crippen LogP) is 2.78. The van der Waals surface area contributed by atoms with Crippen LogP contribution in [0.1, 0.15) is 13.8 Å². The number of aliphatic imine (C=N–C) groups is 1. The summed E-state index contributed by atoms with van der Waals surface area (Å²) in [6.07, 6.45) is 1.35. The van der Waals surface area contributed by atoms with Crippen molar-refractivity contribution < 1.29 is 0 Å². The second kappa shape index (κ2) is 7.04. The molecular formula is C15H20N6S. The van der Waals surface area contributed by atoms with E-state index >= 15 is 0 Å². The molecule has 0 unspecified atom stereocenters. The Bertz CT molecular complexity index is 672. The fourth-order valence-electron chi connectivity index (χ4n) is 2.03. The Morgan fingerprint density at radius 3 is 2.86 bits per heavy atom. The lowest BCUT2D eigenvalue weighted by Crippen LogP contribution is -2.25. The molecule has 7 heteroatoms. The largest absolute Gasteiger partial charge is 0.370 e. The van der Waals surface area contributed by atoms with Crippen LogP contribution in [0.2, 0.25) is 0 Å². The number of hydrogen-bond donors (Lipinski definition) is 3. The molecule has 6 nitrogen and oxygen atoms in total. The van der Waals surface area contributed by atoms with Gasteiger partial charge >= 0.3 is 0 Å². The molecule has 0 amide bonds. The third-order valence-corrected chi connectivity index (χ3v) is 3.64. The van der Waals surface area contributed by atoms with Crippen molar-refractivity contribution in [2.75, 3.05) is 11.4 Å². The first-order valence-corrected chi connectivity index (χ1v) is 7.80. The van der Waals surface area contributed by atoms with Crippen LogP contribution in [-0.4, -0.2) is 23.8 Å². The second-order valence-electron chi connectivity index (χ2n) is 5.28. The van der Waals surface area contributed by atoms with Gasteiger partial charge in [-0.15, -0.1) is 11.3 Å². The molecule has 1 heterocycles. The van der Waals surface area contributed by atoms with Gasteiger partial charge in [0.15, 0.2) is 5.96 Å². The normalized spacial score (nSPS) is 10.5. The maximum atomic E-state index is 7.59. The van der Waals surface area contributed by atoms with Gasteiger partial charge < -0.3 is 16.4 Å². The van der Waals surface area contributed by atoms with Crippen LogP contribution in [0.25, 0.3) is 11.3 Å². The number of hydrogen-bond acceptors (Lipinski definition) is 4. The lowest BCUT2D eigenvalue weighted by Gasteiger charge is -2.21. The summed E-state index contributed by atoms with van der Waals surface area (Å²) in [4.78, 5) is 10.3. The van der Waals surface area contributed by atoms with Crippen molar-refractivity contribution in [1.82, 2.24) is 4.98 Å². The SMILES string of the molecule is CC(C)CN(C=N)c1cccc(-c2csc(N=C(N)N)n2)c1. The molecule has 0 aliphatic rings. The van der Waals surface area contributed by atoms with Crippen molar-refractivity contribution in [3.05, 3.63) is 29.6 Å². The molecule has 0 atom stereocenters. The highest BCUT2D eigenvalue weighted by Gasteiger charge is 2.09. The van der Waals surface area contributed by atoms with Gasteiger partial charge in [0.05, 0.1) is 12.0 Å². The predicted molar refractivity (Wildman–Crippen MR) is 94.0 cm³/mol. The molecule has 2 aromatic rings. The lowest BCUT2D eigenvalue weighted by molar-refractivity contribution is 0.660. The second-order valence-corrected chi connectivity index (χ2v) is 6.11. The molecule has 0 fully saturated rings. The van der Waals surface area contributed by atoms with Gasteiger partial charge in [-0.2, -0.15) is 4.99 Å². The van der Waals surface area contributed by atoms with Crippen LogP contribution in [0.5, 0.6) is 0 Å². The van der Waals surface area contributed by atoms with Crippen LogP contribution in [-0.2, 0) is 0 Å². The Morgan fingerprint density at radius 1 is 1.45 bits per heavy atom. The number of rotatable bonds is 6. The summed E-state index contributed by atoms with van der Waals surface area (Å²) in [5.41, 5.74) is 13.5. The molecule has 0 aliphatic carbocycles. The molecule has 5 N–H and O–H groups in total. The minimum atomic E-state index is 0.00145. The number of benzene rings is 1. The van der Waals surface area contributed by atoms with Crippen LogP contribution < -0.4 is 16.4 Å². The molecule has 0 bridgehead atoms. The topological polar surface area (TPSA) is 104 Å². The van der Waals surface area contributed by atoms with Crippen molar-refractivity contribution in [3.63, 3.8) is 0 Å². The van der Waals surface area contributed by atoms with E-state index in [0.717, 1.165) is 23.5 Å². The number of anilines is 1. The van der Waals surface area contributed by atoms with Gasteiger partial charge in [-0.3, -0.25) is 5.41 Å². The van der Waals surface area contributed by atoms with Crippen LogP contribution in [0, 0.1) is 11.3 Å². The minimum Gasteiger partial charge on any atom is -0.370 e. The Labute approximate surface area is 134 Å². The number of nitrogens with two attached hydrogens (primary N) is 2. The van der Waals surface area contributed by atoms with Crippen LogP contribution in [0.3, 0.4) is 0 Å². The van der Waals surface area contributed by atoms with Gasteiger partial charge in [0, 0.05) is 23.2 Å². The van der Waals surface area contributed by atoms with E-state index in [0.29, 0.717) is 11.0 Å². The van der Waals surface area contributed by atoms with Gasteiger partial charge in [-0.1, -0.05) is 26.0 Å². The molecular weight excluding hydrogens is 296 g/mol. The highest BCUT2D eigenvalue weighted by atomic mass is 32.1. The number of nitrogens with one attached hydrogen (secondary N) is 1. The van der Waals surface area contributed by atoms with E-state index in [1.807, 2.05) is 34.5 Å². The Hall–Kier alpha value is -2.41. The summed E-state index contributed by atoms with van der Waals surface area (Å²) in [6.45, 7) is 5.05. The number of thiazole rings is 1. The molecule has 22 heavy (non-hydrogen) atoms. The van der Waals surface area contributed by atoms with E-state index in [1.54, 1.807) is 0 Å². The summed E-state index contributed by atoms with van der Waals surface area (Å²) in [7, 11) is 0. The molecule has 1 aromatic heterocycles. The van der Waals surface area contributed by atoms with E-state index < -0.39 is 0 Å². The number of guanidine groups is 1. The minimum absolute atomic E-state index is 0.00145. The molecule has 0 saturated heterocycles. The zero-order chi connectivity index (χ0) is 16.1. The van der Waals surface area contributed by atoms with E-state index in [4.69, 9.17) is 16.9 Å². The average Bonchev–Trinajstić information content (AvgIpc) is 2.92. The monoisotopic (exact) mass is 316 g/mol. The zero-order valence-corrected chi connectivity index (χ0v) is 13.5. The van der Waals surface area contributed by atoms with Gasteiger partial charge in [0.2, 0.25) is 5.13 Å². The van der Waals surface area contributed by atoms with Crippen molar-refractivity contribution in [2.45, 2.75) is 13.8 Å². The van der Waals surface area contributed by atoms with E-state index in [9.17, 15) is 0 Å². The molecule has 0 aliphatic heterocycles. The lowest BCUT2D eigenvalue weighted by atomic mass is 10.1. The quantitative estimate of drug-likeness (QED) is 0.563. The smallest absolute Gasteiger partial charge is 0.212 e. The van der Waals surface area contributed by atoms with Gasteiger partial charge in [-0.05, 0) is 18.1 Å². The Morgan fingerprint density at radius 2 is 2.23 bits per heavy atom. The van der Waals surface area contributed by atoms with E-state index in [1.165, 1.54) is 17.7 Å². The average molecular weight is 316 g/mol. The van der Waals surface area contributed by atoms with Crippen molar-refractivity contribution >= 4 is 34.5 Å². The van der Waals surface area contributed by atoms with Crippen molar-refractivity contribution in [3.8, 4) is 11.3 Å². The summed E-state index contributed by atoms with van der Waals surface area (Å²) in [5, 5.41) is 10.0. The summed E-state index contributed by atoms with van der Waals surface area (Å²) in [5.74, 6) is 0.472. The molecule has 1 aromatic carbocycles. The highest BCUT2D eigenvalue weighted by Crippen LogP contribution is 2.29. The first-order chi connectivity index (χ1) is 10.5. The molecule has 116 valence electrons. The first-order valence-electron chi connectivity index (χ1n) is 6.92. The van der Waals surface area contributed by atoms with Crippen LogP contribution >= 0.6 is 11.3 Å². The van der Waals surface area contributed by atoms with Crippen molar-refractivity contribution in [1.29, 1.82) is 5.41 Å². The molecule has 0 radical (unpaired) electrons. The molecule has 2 rings (SSSR count). The van der Waals surface area contributed by atoms with Gasteiger partial charge in [-0.25, -0.2) is 4.98 Å². The third kappa shape index (κ3) is 4.05. The first kappa shape index (κ1) is 16.0. The van der Waals surface area contributed by atoms with Gasteiger partial charge in [0.1, 0.15) is 0 Å².